The summed E-state index contributed by atoms with van der Waals surface area (Å²) in [5, 5.41) is 3.99. The number of halogens is 1. The molecule has 0 saturated carbocycles. The maximum Gasteiger partial charge on any atom is 0.339 e. The molecule has 0 unspecified atom stereocenters. The van der Waals surface area contributed by atoms with E-state index < -0.39 is 11.8 Å². The number of fused-ring (bicyclic) bond motifs is 1. The van der Waals surface area contributed by atoms with Gasteiger partial charge in [-0.3, -0.25) is 5.84 Å². The standard InChI is InChI=1S/C19H21FN4O3/c1-26-18-15(24-21)7-6-14(16(18)20)22-9-8-11-10-23-17-12(11)4-3-5-13(17)19(25)27-2/h3-7,10,22-24H,8-9,21H2,1-2H3. The van der Waals surface area contributed by atoms with E-state index in [1.807, 2.05) is 18.3 Å². The van der Waals surface area contributed by atoms with Crippen molar-refractivity contribution in [3.8, 4) is 5.75 Å². The number of hydrogen-bond acceptors (Lipinski definition) is 6. The molecule has 5 N–H and O–H groups in total. The number of esters is 1. The summed E-state index contributed by atoms with van der Waals surface area (Å²) in [5.74, 6) is 4.50. The van der Waals surface area contributed by atoms with Gasteiger partial charge >= 0.3 is 5.97 Å². The number of hydrazine groups is 1. The number of aromatic nitrogens is 1. The summed E-state index contributed by atoms with van der Waals surface area (Å²) in [6.45, 7) is 0.491. The average molecular weight is 372 g/mol. The van der Waals surface area contributed by atoms with Crippen LogP contribution >= 0.6 is 0 Å². The fraction of sp³-hybridized carbons (Fsp3) is 0.211. The molecule has 0 aliphatic carbocycles. The molecule has 0 aliphatic heterocycles. The highest BCUT2D eigenvalue weighted by molar-refractivity contribution is 6.03. The molecule has 3 aromatic rings. The van der Waals surface area contributed by atoms with Crippen molar-refractivity contribution < 1.29 is 18.7 Å². The highest BCUT2D eigenvalue weighted by Crippen LogP contribution is 2.32. The molecule has 0 amide bonds. The number of carbonyl (C=O) groups excluding carboxylic acids is 1. The van der Waals surface area contributed by atoms with Gasteiger partial charge in [0.05, 0.1) is 36.7 Å². The number of anilines is 2. The van der Waals surface area contributed by atoms with E-state index in [4.69, 9.17) is 15.3 Å². The van der Waals surface area contributed by atoms with E-state index in [0.717, 1.165) is 16.5 Å². The Kier molecular flexibility index (Phi) is 5.46. The number of hydrogen-bond donors (Lipinski definition) is 4. The molecular weight excluding hydrogens is 351 g/mol. The zero-order chi connectivity index (χ0) is 19.4. The van der Waals surface area contributed by atoms with Crippen LogP contribution in [0.4, 0.5) is 15.8 Å². The van der Waals surface area contributed by atoms with Gasteiger partial charge in [-0.15, -0.1) is 0 Å². The summed E-state index contributed by atoms with van der Waals surface area (Å²) in [7, 11) is 2.73. The molecule has 3 rings (SSSR count). The van der Waals surface area contributed by atoms with Crippen molar-refractivity contribution >= 4 is 28.2 Å². The number of nitrogens with one attached hydrogen (secondary N) is 3. The number of nitrogen functional groups attached to an aromatic ring is 1. The molecule has 0 bridgehead atoms. The molecule has 27 heavy (non-hydrogen) atoms. The number of aromatic amines is 1. The van der Waals surface area contributed by atoms with Crippen molar-refractivity contribution in [2.45, 2.75) is 6.42 Å². The van der Waals surface area contributed by atoms with E-state index in [-0.39, 0.29) is 5.75 Å². The van der Waals surface area contributed by atoms with E-state index in [2.05, 4.69) is 15.7 Å². The molecule has 0 atom stereocenters. The van der Waals surface area contributed by atoms with Crippen LogP contribution in [0.1, 0.15) is 15.9 Å². The number of H-pyrrole nitrogens is 1. The monoisotopic (exact) mass is 372 g/mol. The third kappa shape index (κ3) is 3.52. The summed E-state index contributed by atoms with van der Waals surface area (Å²) < 4.78 is 24.3. The van der Waals surface area contributed by atoms with Crippen molar-refractivity contribution in [3.05, 3.63) is 53.5 Å². The lowest BCUT2D eigenvalue weighted by atomic mass is 10.1. The Morgan fingerprint density at radius 3 is 2.70 bits per heavy atom. The van der Waals surface area contributed by atoms with Gasteiger partial charge in [-0.1, -0.05) is 12.1 Å². The molecule has 1 aromatic heterocycles. The molecule has 0 saturated heterocycles. The second-order valence-corrected chi connectivity index (χ2v) is 5.86. The van der Waals surface area contributed by atoms with Gasteiger partial charge in [-0.05, 0) is 30.2 Å². The van der Waals surface area contributed by atoms with Crippen LogP contribution in [0.5, 0.6) is 5.75 Å². The van der Waals surface area contributed by atoms with Crippen LogP contribution in [-0.2, 0) is 11.2 Å². The molecule has 7 nitrogen and oxygen atoms in total. The van der Waals surface area contributed by atoms with Crippen molar-refractivity contribution in [1.82, 2.24) is 4.98 Å². The van der Waals surface area contributed by atoms with E-state index in [1.165, 1.54) is 14.2 Å². The zero-order valence-electron chi connectivity index (χ0n) is 15.1. The van der Waals surface area contributed by atoms with Gasteiger partial charge < -0.3 is 25.2 Å². The predicted octanol–water partition coefficient (Wildman–Crippen LogP) is 3.04. The lowest BCUT2D eigenvalue weighted by molar-refractivity contribution is 0.0603. The third-order valence-corrected chi connectivity index (χ3v) is 4.37. The number of carbonyl (C=O) groups is 1. The van der Waals surface area contributed by atoms with Gasteiger partial charge in [0, 0.05) is 18.1 Å². The van der Waals surface area contributed by atoms with Crippen LogP contribution in [-0.4, -0.2) is 31.7 Å². The van der Waals surface area contributed by atoms with E-state index >= 15 is 0 Å². The molecule has 2 aromatic carbocycles. The number of nitrogens with two attached hydrogens (primary N) is 1. The summed E-state index contributed by atoms with van der Waals surface area (Å²) in [6, 6.07) is 8.68. The second kappa shape index (κ2) is 7.96. The first-order chi connectivity index (χ1) is 13.1. The fourth-order valence-corrected chi connectivity index (χ4v) is 3.04. The first kappa shape index (κ1) is 18.5. The maximum atomic E-state index is 14.5. The van der Waals surface area contributed by atoms with Crippen molar-refractivity contribution in [3.63, 3.8) is 0 Å². The third-order valence-electron chi connectivity index (χ3n) is 4.37. The van der Waals surface area contributed by atoms with E-state index in [1.54, 1.807) is 18.2 Å². The van der Waals surface area contributed by atoms with Gasteiger partial charge in [0.15, 0.2) is 11.6 Å². The quantitative estimate of drug-likeness (QED) is 0.289. The van der Waals surface area contributed by atoms with Gasteiger partial charge in [-0.25, -0.2) is 9.18 Å². The minimum atomic E-state index is -0.514. The molecule has 142 valence electrons. The Morgan fingerprint density at radius 2 is 2.00 bits per heavy atom. The average Bonchev–Trinajstić information content (AvgIpc) is 3.11. The number of benzene rings is 2. The Labute approximate surface area is 155 Å². The second-order valence-electron chi connectivity index (χ2n) is 5.86. The van der Waals surface area contributed by atoms with Crippen LogP contribution < -0.4 is 21.3 Å². The Bertz CT molecular complexity index is 971. The Hall–Kier alpha value is -3.26. The normalized spacial score (nSPS) is 10.7. The van der Waals surface area contributed by atoms with Crippen LogP contribution in [0.25, 0.3) is 10.9 Å². The minimum absolute atomic E-state index is 0.0531. The molecule has 8 heteroatoms. The fourth-order valence-electron chi connectivity index (χ4n) is 3.04. The Balaban J connectivity index is 1.76. The number of para-hydroxylation sites is 1. The van der Waals surface area contributed by atoms with Crippen molar-refractivity contribution in [2.24, 2.45) is 5.84 Å². The summed E-state index contributed by atoms with van der Waals surface area (Å²) in [6.07, 6.45) is 2.47. The van der Waals surface area contributed by atoms with E-state index in [0.29, 0.717) is 29.9 Å². The SMILES string of the molecule is COC(=O)c1cccc2c(CCNc3ccc(NN)c(OC)c3F)c[nH]c12. The maximum absolute atomic E-state index is 14.5. The largest absolute Gasteiger partial charge is 0.491 e. The molecular formula is C19H21FN4O3. The summed E-state index contributed by atoms with van der Waals surface area (Å²) in [5.41, 5.74) is 5.30. The lowest BCUT2D eigenvalue weighted by Gasteiger charge is -2.13. The van der Waals surface area contributed by atoms with Gasteiger partial charge in [0.25, 0.3) is 0 Å². The molecule has 1 heterocycles. The lowest BCUT2D eigenvalue weighted by Crippen LogP contribution is -2.11. The van der Waals surface area contributed by atoms with E-state index in [9.17, 15) is 9.18 Å². The highest BCUT2D eigenvalue weighted by Gasteiger charge is 2.15. The minimum Gasteiger partial charge on any atom is -0.491 e. The smallest absolute Gasteiger partial charge is 0.339 e. The number of rotatable bonds is 7. The van der Waals surface area contributed by atoms with Gasteiger partial charge in [0.1, 0.15) is 0 Å². The topological polar surface area (TPSA) is 101 Å². The first-order valence-electron chi connectivity index (χ1n) is 8.35. The van der Waals surface area contributed by atoms with Crippen LogP contribution in [0.2, 0.25) is 0 Å². The predicted molar refractivity (Wildman–Crippen MR) is 103 cm³/mol. The van der Waals surface area contributed by atoms with Gasteiger partial charge in [-0.2, -0.15) is 0 Å². The Morgan fingerprint density at radius 1 is 1.22 bits per heavy atom. The first-order valence-corrected chi connectivity index (χ1v) is 8.35. The zero-order valence-corrected chi connectivity index (χ0v) is 15.1. The van der Waals surface area contributed by atoms with Crippen LogP contribution in [0.15, 0.2) is 36.5 Å². The van der Waals surface area contributed by atoms with Crippen LogP contribution in [0, 0.1) is 5.82 Å². The molecule has 0 radical (unpaired) electrons. The highest BCUT2D eigenvalue weighted by atomic mass is 19.1. The number of methoxy groups -OCH3 is 2. The molecule has 0 aliphatic rings. The van der Waals surface area contributed by atoms with Gasteiger partial charge in [0.2, 0.25) is 0 Å². The van der Waals surface area contributed by atoms with Crippen molar-refractivity contribution in [2.75, 3.05) is 31.5 Å². The molecule has 0 fully saturated rings. The van der Waals surface area contributed by atoms with Crippen LogP contribution in [0.3, 0.4) is 0 Å². The molecule has 0 spiro atoms. The number of ether oxygens (including phenoxy) is 2. The summed E-state index contributed by atoms with van der Waals surface area (Å²) in [4.78, 5) is 15.0. The van der Waals surface area contributed by atoms with Crippen molar-refractivity contribution in [1.29, 1.82) is 0 Å². The summed E-state index contributed by atoms with van der Waals surface area (Å²) >= 11 is 0.